The molecular formula is C14H18ClN3O3. The van der Waals surface area contributed by atoms with Gasteiger partial charge in [-0.3, -0.25) is 0 Å². The molecule has 0 spiro atoms. The maximum atomic E-state index is 5.92. The summed E-state index contributed by atoms with van der Waals surface area (Å²) < 4.78 is 16.0. The van der Waals surface area contributed by atoms with E-state index in [1.54, 1.807) is 24.3 Å². The molecular weight excluding hydrogens is 294 g/mol. The molecule has 0 saturated heterocycles. The van der Waals surface area contributed by atoms with Crippen LogP contribution in [0.4, 0.5) is 0 Å². The maximum absolute atomic E-state index is 5.92. The van der Waals surface area contributed by atoms with Crippen molar-refractivity contribution in [1.82, 2.24) is 10.1 Å². The maximum Gasteiger partial charge on any atom is 0.264 e. The third kappa shape index (κ3) is 5.00. The number of nitrogens with zero attached hydrogens (tertiary/aromatic N) is 2. The molecule has 0 aliphatic carbocycles. The van der Waals surface area contributed by atoms with Gasteiger partial charge in [0.25, 0.3) is 5.89 Å². The van der Waals surface area contributed by atoms with Gasteiger partial charge in [-0.15, -0.1) is 0 Å². The van der Waals surface area contributed by atoms with Crippen molar-refractivity contribution in [2.45, 2.75) is 32.6 Å². The van der Waals surface area contributed by atoms with E-state index in [2.05, 4.69) is 10.1 Å². The molecule has 2 rings (SSSR count). The average molecular weight is 312 g/mol. The number of halogens is 1. The predicted octanol–water partition coefficient (Wildman–Crippen LogP) is 2.73. The third-order valence-electron chi connectivity index (χ3n) is 2.58. The Bertz CT molecular complexity index is 574. The largest absolute Gasteiger partial charge is 0.484 e. The minimum atomic E-state index is -0.420. The fourth-order valence-corrected chi connectivity index (χ4v) is 1.73. The van der Waals surface area contributed by atoms with Gasteiger partial charge in [0.15, 0.2) is 12.4 Å². The van der Waals surface area contributed by atoms with Crippen LogP contribution in [0.25, 0.3) is 0 Å². The minimum absolute atomic E-state index is 0.105. The second-order valence-corrected chi connectivity index (χ2v) is 5.22. The lowest BCUT2D eigenvalue weighted by atomic mass is 10.3. The van der Waals surface area contributed by atoms with Crippen LogP contribution in [0.3, 0.4) is 0 Å². The van der Waals surface area contributed by atoms with Crippen LogP contribution in [-0.2, 0) is 11.3 Å². The Morgan fingerprint density at radius 2 is 2.19 bits per heavy atom. The highest BCUT2D eigenvalue weighted by Crippen LogP contribution is 2.18. The van der Waals surface area contributed by atoms with Crippen molar-refractivity contribution < 1.29 is 14.0 Å². The van der Waals surface area contributed by atoms with Crippen molar-refractivity contribution in [2.24, 2.45) is 5.73 Å². The number of benzene rings is 1. The molecule has 0 saturated carbocycles. The number of aromatic nitrogens is 2. The molecule has 114 valence electrons. The molecule has 0 fully saturated rings. The summed E-state index contributed by atoms with van der Waals surface area (Å²) in [5.41, 5.74) is 5.92. The van der Waals surface area contributed by atoms with Gasteiger partial charge >= 0.3 is 0 Å². The summed E-state index contributed by atoms with van der Waals surface area (Å²) in [6.45, 7) is 4.37. The summed E-state index contributed by atoms with van der Waals surface area (Å²) in [5.74, 6) is 1.39. The van der Waals surface area contributed by atoms with Gasteiger partial charge in [-0.1, -0.05) is 22.8 Å². The van der Waals surface area contributed by atoms with Crippen LogP contribution in [0.1, 0.15) is 31.6 Å². The lowest BCUT2D eigenvalue weighted by molar-refractivity contribution is 0.0665. The fourth-order valence-electron chi connectivity index (χ4n) is 1.55. The van der Waals surface area contributed by atoms with Crippen molar-refractivity contribution in [3.8, 4) is 5.75 Å². The zero-order valence-corrected chi connectivity index (χ0v) is 12.7. The zero-order valence-electron chi connectivity index (χ0n) is 12.0. The van der Waals surface area contributed by atoms with Gasteiger partial charge in [0.2, 0.25) is 0 Å². The molecule has 21 heavy (non-hydrogen) atoms. The second kappa shape index (κ2) is 7.40. The Morgan fingerprint density at radius 3 is 2.90 bits per heavy atom. The van der Waals surface area contributed by atoms with Crippen LogP contribution in [0, 0.1) is 0 Å². The molecule has 1 unspecified atom stereocenters. The van der Waals surface area contributed by atoms with E-state index in [9.17, 15) is 0 Å². The van der Waals surface area contributed by atoms with E-state index in [0.29, 0.717) is 29.1 Å². The molecule has 0 aliphatic rings. The number of hydrogen-bond donors (Lipinski definition) is 1. The van der Waals surface area contributed by atoms with Gasteiger partial charge in [0.1, 0.15) is 5.75 Å². The molecule has 0 radical (unpaired) electrons. The molecule has 1 atom stereocenters. The van der Waals surface area contributed by atoms with Gasteiger partial charge in [0.05, 0.1) is 18.8 Å². The van der Waals surface area contributed by atoms with Gasteiger partial charge in [-0.25, -0.2) is 0 Å². The molecule has 6 nitrogen and oxygen atoms in total. The highest BCUT2D eigenvalue weighted by molar-refractivity contribution is 6.30. The van der Waals surface area contributed by atoms with E-state index in [0.717, 1.165) is 0 Å². The highest BCUT2D eigenvalue weighted by atomic mass is 35.5. The van der Waals surface area contributed by atoms with Crippen molar-refractivity contribution in [3.05, 3.63) is 41.0 Å². The molecule has 2 N–H and O–H groups in total. The molecule has 0 amide bonds. The summed E-state index contributed by atoms with van der Waals surface area (Å²) in [7, 11) is 0. The van der Waals surface area contributed by atoms with Crippen LogP contribution in [0.15, 0.2) is 28.8 Å². The minimum Gasteiger partial charge on any atom is -0.484 e. The number of ether oxygens (including phenoxy) is 2. The Labute approximate surface area is 128 Å². The number of rotatable bonds is 7. The van der Waals surface area contributed by atoms with Crippen molar-refractivity contribution in [3.63, 3.8) is 0 Å². The SMILES string of the molecule is CC(C)OCC(N)c1noc(COc2cccc(Cl)c2)n1. The van der Waals surface area contributed by atoms with Crippen molar-refractivity contribution in [2.75, 3.05) is 6.61 Å². The third-order valence-corrected chi connectivity index (χ3v) is 2.82. The molecule has 2 aromatic rings. The Balaban J connectivity index is 1.88. The van der Waals surface area contributed by atoms with Gasteiger partial charge in [-0.2, -0.15) is 4.98 Å². The van der Waals surface area contributed by atoms with Crippen LogP contribution >= 0.6 is 11.6 Å². The van der Waals surface area contributed by atoms with Gasteiger partial charge in [0, 0.05) is 5.02 Å². The van der Waals surface area contributed by atoms with Crippen molar-refractivity contribution >= 4 is 11.6 Å². The molecule has 7 heteroatoms. The zero-order chi connectivity index (χ0) is 15.2. The van der Waals surface area contributed by atoms with Crippen molar-refractivity contribution in [1.29, 1.82) is 0 Å². The van der Waals surface area contributed by atoms with Crippen LogP contribution in [0.5, 0.6) is 5.75 Å². The average Bonchev–Trinajstić information content (AvgIpc) is 2.91. The normalized spacial score (nSPS) is 12.6. The van der Waals surface area contributed by atoms with E-state index in [1.165, 1.54) is 0 Å². The van der Waals surface area contributed by atoms with E-state index < -0.39 is 6.04 Å². The first-order valence-electron chi connectivity index (χ1n) is 6.62. The van der Waals surface area contributed by atoms with Crippen LogP contribution < -0.4 is 10.5 Å². The van der Waals surface area contributed by atoms with E-state index in [1.807, 2.05) is 13.8 Å². The number of nitrogens with two attached hydrogens (primary N) is 1. The first-order valence-corrected chi connectivity index (χ1v) is 7.00. The summed E-state index contributed by atoms with van der Waals surface area (Å²) >= 11 is 5.87. The Hall–Kier alpha value is -1.63. The smallest absolute Gasteiger partial charge is 0.264 e. The standard InChI is InChI=1S/C14H18ClN3O3/c1-9(2)19-7-12(16)14-17-13(21-18-14)8-20-11-5-3-4-10(15)6-11/h3-6,9,12H,7-8,16H2,1-2H3. The topological polar surface area (TPSA) is 83.4 Å². The summed E-state index contributed by atoms with van der Waals surface area (Å²) in [4.78, 5) is 4.18. The molecule has 1 heterocycles. The number of hydrogen-bond acceptors (Lipinski definition) is 6. The lowest BCUT2D eigenvalue weighted by Gasteiger charge is -2.10. The fraction of sp³-hybridized carbons (Fsp3) is 0.429. The van der Waals surface area contributed by atoms with Gasteiger partial charge < -0.3 is 19.7 Å². The summed E-state index contributed by atoms with van der Waals surface area (Å²) in [6.07, 6.45) is 0.105. The molecule has 1 aromatic heterocycles. The second-order valence-electron chi connectivity index (χ2n) is 4.78. The first kappa shape index (κ1) is 15.8. The monoisotopic (exact) mass is 311 g/mol. The van der Waals surface area contributed by atoms with E-state index >= 15 is 0 Å². The lowest BCUT2D eigenvalue weighted by Crippen LogP contribution is -2.20. The molecule has 0 bridgehead atoms. The Kier molecular flexibility index (Phi) is 5.55. The van der Waals surface area contributed by atoms with E-state index in [4.69, 9.17) is 31.3 Å². The van der Waals surface area contributed by atoms with Crippen LogP contribution in [-0.4, -0.2) is 22.9 Å². The molecule has 1 aromatic carbocycles. The quantitative estimate of drug-likeness (QED) is 0.846. The van der Waals surface area contributed by atoms with Crippen LogP contribution in [0.2, 0.25) is 5.02 Å². The van der Waals surface area contributed by atoms with E-state index in [-0.39, 0.29) is 12.7 Å². The predicted molar refractivity (Wildman–Crippen MR) is 78.1 cm³/mol. The summed E-state index contributed by atoms with van der Waals surface area (Å²) in [6, 6.07) is 6.66. The summed E-state index contributed by atoms with van der Waals surface area (Å²) in [5, 5.41) is 4.43. The highest BCUT2D eigenvalue weighted by Gasteiger charge is 2.15. The Morgan fingerprint density at radius 1 is 1.38 bits per heavy atom. The molecule has 0 aliphatic heterocycles. The van der Waals surface area contributed by atoms with Gasteiger partial charge in [-0.05, 0) is 32.0 Å². The first-order chi connectivity index (χ1) is 10.0.